The number of hydrogen-bond acceptors (Lipinski definition) is 5. The zero-order chi connectivity index (χ0) is 13.4. The second kappa shape index (κ2) is 7.42. The minimum absolute atomic E-state index is 0.242. The molecule has 1 heterocycles. The summed E-state index contributed by atoms with van der Waals surface area (Å²) in [5, 5.41) is 0. The molecule has 1 unspecified atom stereocenters. The molecule has 0 N–H and O–H groups in total. The van der Waals surface area contributed by atoms with Gasteiger partial charge in [-0.2, -0.15) is 0 Å². The molecule has 1 aromatic rings. The highest BCUT2D eigenvalue weighted by Crippen LogP contribution is 2.19. The Morgan fingerprint density at radius 1 is 1.28 bits per heavy atom. The van der Waals surface area contributed by atoms with E-state index < -0.39 is 18.0 Å². The molecule has 0 bridgehead atoms. The van der Waals surface area contributed by atoms with E-state index in [-0.39, 0.29) is 13.0 Å². The maximum Gasteiger partial charge on any atom is 0.352 e. The first-order valence-corrected chi connectivity index (χ1v) is 5.95. The van der Waals surface area contributed by atoms with Crippen LogP contribution in [0.4, 0.5) is 0 Å². The largest absolute Gasteiger partial charge is 0.463 e. The number of esters is 2. The smallest absolute Gasteiger partial charge is 0.352 e. The number of ether oxygens (including phenoxy) is 2. The summed E-state index contributed by atoms with van der Waals surface area (Å²) in [7, 11) is 0. The zero-order valence-electron chi connectivity index (χ0n) is 10.6. The van der Waals surface area contributed by atoms with Crippen molar-refractivity contribution in [3.8, 4) is 0 Å². The molecule has 0 aliphatic rings. The van der Waals surface area contributed by atoms with Crippen LogP contribution >= 0.6 is 0 Å². The summed E-state index contributed by atoms with van der Waals surface area (Å²) >= 11 is 0. The predicted octanol–water partition coefficient (Wildman–Crippen LogP) is 2.03. The Hall–Kier alpha value is -1.91. The first kappa shape index (κ1) is 14.2. The van der Waals surface area contributed by atoms with Crippen LogP contribution in [0.15, 0.2) is 24.5 Å². The molecule has 18 heavy (non-hydrogen) atoms. The lowest BCUT2D eigenvalue weighted by Gasteiger charge is -2.16. The van der Waals surface area contributed by atoms with Crippen LogP contribution in [-0.4, -0.2) is 23.5 Å². The number of pyridine rings is 1. The standard InChI is InChI=1S/C13H17NO4/c1-3-5-11(15)18-12(13(16)17-4-2)10-6-8-14-9-7-10/h6-9,12H,3-5H2,1-2H3. The zero-order valence-corrected chi connectivity index (χ0v) is 10.6. The highest BCUT2D eigenvalue weighted by molar-refractivity contribution is 5.80. The lowest BCUT2D eigenvalue weighted by Crippen LogP contribution is -2.22. The van der Waals surface area contributed by atoms with Crippen LogP contribution in [-0.2, 0) is 19.1 Å². The van der Waals surface area contributed by atoms with Crippen LogP contribution in [0.3, 0.4) is 0 Å². The first-order chi connectivity index (χ1) is 8.69. The summed E-state index contributed by atoms with van der Waals surface area (Å²) in [6.45, 7) is 3.81. The van der Waals surface area contributed by atoms with E-state index in [1.165, 1.54) is 12.4 Å². The molecule has 0 radical (unpaired) electrons. The molecule has 0 saturated heterocycles. The van der Waals surface area contributed by atoms with Crippen molar-refractivity contribution in [2.45, 2.75) is 32.8 Å². The van der Waals surface area contributed by atoms with Gasteiger partial charge in [-0.3, -0.25) is 9.78 Å². The Labute approximate surface area is 106 Å². The van der Waals surface area contributed by atoms with Crippen LogP contribution in [0.1, 0.15) is 38.4 Å². The van der Waals surface area contributed by atoms with Crippen molar-refractivity contribution in [2.75, 3.05) is 6.61 Å². The number of carbonyl (C=O) groups is 2. The summed E-state index contributed by atoms with van der Waals surface area (Å²) in [4.78, 5) is 27.1. The Bertz CT molecular complexity index is 391. The third kappa shape index (κ3) is 4.16. The highest BCUT2D eigenvalue weighted by Gasteiger charge is 2.25. The maximum absolute atomic E-state index is 11.8. The third-order valence-electron chi connectivity index (χ3n) is 2.21. The van der Waals surface area contributed by atoms with Gasteiger partial charge in [-0.15, -0.1) is 0 Å². The van der Waals surface area contributed by atoms with E-state index in [0.29, 0.717) is 12.0 Å². The monoisotopic (exact) mass is 251 g/mol. The van der Waals surface area contributed by atoms with E-state index >= 15 is 0 Å². The van der Waals surface area contributed by atoms with Gasteiger partial charge < -0.3 is 9.47 Å². The SMILES string of the molecule is CCCC(=O)OC(C(=O)OCC)c1ccncc1. The van der Waals surface area contributed by atoms with Gasteiger partial charge >= 0.3 is 11.9 Å². The molecule has 1 atom stereocenters. The fraction of sp³-hybridized carbons (Fsp3) is 0.462. The average Bonchev–Trinajstić information content (AvgIpc) is 2.37. The van der Waals surface area contributed by atoms with Gasteiger partial charge in [0.25, 0.3) is 0 Å². The third-order valence-corrected chi connectivity index (χ3v) is 2.21. The fourth-order valence-electron chi connectivity index (χ4n) is 1.40. The van der Waals surface area contributed by atoms with E-state index in [0.717, 1.165) is 0 Å². The van der Waals surface area contributed by atoms with Crippen molar-refractivity contribution in [3.05, 3.63) is 30.1 Å². The second-order valence-electron chi connectivity index (χ2n) is 3.65. The lowest BCUT2D eigenvalue weighted by molar-refractivity contribution is -0.168. The molecule has 98 valence electrons. The van der Waals surface area contributed by atoms with Crippen LogP contribution in [0.25, 0.3) is 0 Å². The van der Waals surface area contributed by atoms with Crippen LogP contribution < -0.4 is 0 Å². The summed E-state index contributed by atoms with van der Waals surface area (Å²) in [5.41, 5.74) is 0.563. The van der Waals surface area contributed by atoms with Gasteiger partial charge in [-0.1, -0.05) is 6.92 Å². The van der Waals surface area contributed by atoms with Crippen LogP contribution in [0, 0.1) is 0 Å². The minimum Gasteiger partial charge on any atom is -0.463 e. The molecule has 0 fully saturated rings. The Morgan fingerprint density at radius 2 is 1.94 bits per heavy atom. The van der Waals surface area contributed by atoms with Crippen molar-refractivity contribution >= 4 is 11.9 Å². The topological polar surface area (TPSA) is 65.5 Å². The number of nitrogens with zero attached hydrogens (tertiary/aromatic N) is 1. The molecule has 0 aliphatic heterocycles. The van der Waals surface area contributed by atoms with E-state index in [9.17, 15) is 9.59 Å². The van der Waals surface area contributed by atoms with Gasteiger partial charge in [0.05, 0.1) is 6.61 Å². The summed E-state index contributed by atoms with van der Waals surface area (Å²) < 4.78 is 10.1. The van der Waals surface area contributed by atoms with E-state index in [2.05, 4.69) is 4.98 Å². The number of rotatable bonds is 6. The fourth-order valence-corrected chi connectivity index (χ4v) is 1.40. The molecule has 0 saturated carbocycles. The Kier molecular flexibility index (Phi) is 5.84. The molecular formula is C13H17NO4. The average molecular weight is 251 g/mol. The minimum atomic E-state index is -1.01. The van der Waals surface area contributed by atoms with Crippen LogP contribution in [0.5, 0.6) is 0 Å². The van der Waals surface area contributed by atoms with Gasteiger partial charge in [0.2, 0.25) is 6.10 Å². The number of hydrogen-bond donors (Lipinski definition) is 0. The van der Waals surface area contributed by atoms with Crippen molar-refractivity contribution < 1.29 is 19.1 Å². The van der Waals surface area contributed by atoms with Gasteiger partial charge in [0.1, 0.15) is 0 Å². The van der Waals surface area contributed by atoms with Crippen molar-refractivity contribution in [1.29, 1.82) is 0 Å². The molecule has 1 aromatic heterocycles. The van der Waals surface area contributed by atoms with Gasteiger partial charge in [-0.05, 0) is 25.5 Å². The predicted molar refractivity (Wildman–Crippen MR) is 64.6 cm³/mol. The molecule has 1 rings (SSSR count). The van der Waals surface area contributed by atoms with Gasteiger partial charge in [0.15, 0.2) is 0 Å². The molecule has 0 spiro atoms. The number of aromatic nitrogens is 1. The quantitative estimate of drug-likeness (QED) is 0.724. The molecule has 0 aliphatic carbocycles. The highest BCUT2D eigenvalue weighted by atomic mass is 16.6. The normalized spacial score (nSPS) is 11.7. The van der Waals surface area contributed by atoms with Crippen LogP contribution in [0.2, 0.25) is 0 Å². The van der Waals surface area contributed by atoms with E-state index in [1.54, 1.807) is 19.1 Å². The second-order valence-corrected chi connectivity index (χ2v) is 3.65. The molecular weight excluding hydrogens is 234 g/mol. The summed E-state index contributed by atoms with van der Waals surface area (Å²) in [5.74, 6) is -0.972. The van der Waals surface area contributed by atoms with Crippen molar-refractivity contribution in [3.63, 3.8) is 0 Å². The number of carbonyl (C=O) groups excluding carboxylic acids is 2. The van der Waals surface area contributed by atoms with E-state index in [1.807, 2.05) is 6.92 Å². The van der Waals surface area contributed by atoms with Gasteiger partial charge in [-0.25, -0.2) is 4.79 Å². The molecule has 5 nitrogen and oxygen atoms in total. The molecule has 0 aromatic carbocycles. The van der Waals surface area contributed by atoms with Crippen molar-refractivity contribution in [1.82, 2.24) is 4.98 Å². The maximum atomic E-state index is 11.8. The Balaban J connectivity index is 2.82. The molecule has 5 heteroatoms. The van der Waals surface area contributed by atoms with E-state index in [4.69, 9.17) is 9.47 Å². The first-order valence-electron chi connectivity index (χ1n) is 5.95. The Morgan fingerprint density at radius 3 is 2.50 bits per heavy atom. The van der Waals surface area contributed by atoms with Gasteiger partial charge in [0, 0.05) is 24.4 Å². The molecule has 0 amide bonds. The summed E-state index contributed by atoms with van der Waals surface area (Å²) in [6, 6.07) is 3.25. The van der Waals surface area contributed by atoms with Crippen molar-refractivity contribution in [2.24, 2.45) is 0 Å². The summed E-state index contributed by atoms with van der Waals surface area (Å²) in [6.07, 6.45) is 3.02. The lowest BCUT2D eigenvalue weighted by atomic mass is 10.1.